The summed E-state index contributed by atoms with van der Waals surface area (Å²) in [5, 5.41) is 5.58. The van der Waals surface area contributed by atoms with Crippen LogP contribution in [0.3, 0.4) is 0 Å². The molecule has 1 aromatic carbocycles. The zero-order valence-electron chi connectivity index (χ0n) is 15.9. The maximum Gasteiger partial charge on any atom is 0.275 e. The zero-order chi connectivity index (χ0) is 19.8. The van der Waals surface area contributed by atoms with E-state index in [0.29, 0.717) is 36.1 Å². The molecule has 2 N–H and O–H groups in total. The van der Waals surface area contributed by atoms with Crippen LogP contribution in [0.4, 0.5) is 11.4 Å². The molecule has 2 rings (SSSR count). The third-order valence-electron chi connectivity index (χ3n) is 3.51. The Morgan fingerprint density at radius 1 is 1.00 bits per heavy atom. The summed E-state index contributed by atoms with van der Waals surface area (Å²) in [6.45, 7) is 8.05. The van der Waals surface area contributed by atoms with Crippen LogP contribution in [0.2, 0.25) is 0 Å². The molecule has 0 bridgehead atoms. The number of aromatic nitrogens is 2. The Bertz CT molecular complexity index is 794. The molecule has 0 aliphatic carbocycles. The van der Waals surface area contributed by atoms with Crippen molar-refractivity contribution in [2.24, 2.45) is 5.92 Å². The van der Waals surface area contributed by atoms with E-state index in [0.717, 1.165) is 0 Å². The SMILES string of the molecule is CCOc1cc(NC(=O)C(C)C)c(OCC)cc1NC(=O)c1cnccn1. The summed E-state index contributed by atoms with van der Waals surface area (Å²) in [5.41, 5.74) is 1.07. The first-order chi connectivity index (χ1) is 13.0. The second kappa shape index (κ2) is 9.51. The monoisotopic (exact) mass is 372 g/mol. The van der Waals surface area contributed by atoms with E-state index < -0.39 is 5.91 Å². The molecule has 0 spiro atoms. The van der Waals surface area contributed by atoms with Gasteiger partial charge in [-0.3, -0.25) is 14.6 Å². The van der Waals surface area contributed by atoms with Gasteiger partial charge < -0.3 is 20.1 Å². The second-order valence-corrected chi connectivity index (χ2v) is 5.90. The Labute approximate surface area is 158 Å². The number of hydrogen-bond acceptors (Lipinski definition) is 6. The fourth-order valence-electron chi connectivity index (χ4n) is 2.18. The number of rotatable bonds is 8. The minimum Gasteiger partial charge on any atom is -0.492 e. The molecule has 27 heavy (non-hydrogen) atoms. The van der Waals surface area contributed by atoms with E-state index in [2.05, 4.69) is 20.6 Å². The quantitative estimate of drug-likeness (QED) is 0.738. The lowest BCUT2D eigenvalue weighted by atomic mass is 10.2. The number of benzene rings is 1. The zero-order valence-corrected chi connectivity index (χ0v) is 15.9. The molecule has 0 atom stereocenters. The van der Waals surface area contributed by atoms with Crippen LogP contribution in [0.25, 0.3) is 0 Å². The highest BCUT2D eigenvalue weighted by molar-refractivity contribution is 6.04. The van der Waals surface area contributed by atoms with Crippen molar-refractivity contribution in [2.75, 3.05) is 23.8 Å². The predicted molar refractivity (Wildman–Crippen MR) is 102 cm³/mol. The van der Waals surface area contributed by atoms with E-state index in [1.807, 2.05) is 13.8 Å². The molecule has 0 saturated carbocycles. The van der Waals surface area contributed by atoms with Crippen molar-refractivity contribution in [1.82, 2.24) is 9.97 Å². The summed E-state index contributed by atoms with van der Waals surface area (Å²) in [6.07, 6.45) is 4.30. The van der Waals surface area contributed by atoms with Crippen LogP contribution >= 0.6 is 0 Å². The van der Waals surface area contributed by atoms with E-state index in [-0.39, 0.29) is 17.5 Å². The standard InChI is InChI=1S/C19H24N4O4/c1-5-26-16-10-14(23-19(25)15-11-20-7-8-21-15)17(27-6-2)9-13(16)22-18(24)12(3)4/h7-12H,5-6H2,1-4H3,(H,22,24)(H,23,25). The average molecular weight is 372 g/mol. The molecule has 0 aliphatic heterocycles. The van der Waals surface area contributed by atoms with Gasteiger partial charge >= 0.3 is 0 Å². The molecule has 8 nitrogen and oxygen atoms in total. The summed E-state index contributed by atoms with van der Waals surface area (Å²) >= 11 is 0. The van der Waals surface area contributed by atoms with E-state index in [4.69, 9.17) is 9.47 Å². The fourth-order valence-corrected chi connectivity index (χ4v) is 2.18. The number of carbonyl (C=O) groups is 2. The molecular formula is C19H24N4O4. The van der Waals surface area contributed by atoms with Gasteiger partial charge in [0.2, 0.25) is 5.91 Å². The van der Waals surface area contributed by atoms with Gasteiger partial charge in [-0.05, 0) is 13.8 Å². The van der Waals surface area contributed by atoms with Crippen LogP contribution < -0.4 is 20.1 Å². The van der Waals surface area contributed by atoms with Gasteiger partial charge in [-0.1, -0.05) is 13.8 Å². The highest BCUT2D eigenvalue weighted by atomic mass is 16.5. The van der Waals surface area contributed by atoms with E-state index in [1.54, 1.807) is 26.0 Å². The smallest absolute Gasteiger partial charge is 0.275 e. The van der Waals surface area contributed by atoms with Gasteiger partial charge in [0, 0.05) is 30.4 Å². The first kappa shape index (κ1) is 20.2. The Morgan fingerprint density at radius 3 is 2.07 bits per heavy atom. The van der Waals surface area contributed by atoms with Crippen LogP contribution in [0, 0.1) is 5.92 Å². The van der Waals surface area contributed by atoms with Crippen LogP contribution in [-0.2, 0) is 4.79 Å². The molecule has 8 heteroatoms. The predicted octanol–water partition coefficient (Wildman–Crippen LogP) is 3.12. The molecule has 2 aromatic rings. The summed E-state index contributed by atoms with van der Waals surface area (Å²) in [6, 6.07) is 3.26. The van der Waals surface area contributed by atoms with Gasteiger partial charge in [0.25, 0.3) is 5.91 Å². The minimum atomic E-state index is -0.425. The topological polar surface area (TPSA) is 102 Å². The highest BCUT2D eigenvalue weighted by Gasteiger charge is 2.18. The number of amides is 2. The summed E-state index contributed by atoms with van der Waals surface area (Å²) < 4.78 is 11.3. The molecule has 0 unspecified atom stereocenters. The van der Waals surface area contributed by atoms with Gasteiger partial charge in [-0.2, -0.15) is 0 Å². The van der Waals surface area contributed by atoms with Crippen LogP contribution in [0.15, 0.2) is 30.7 Å². The van der Waals surface area contributed by atoms with Gasteiger partial charge in [0.15, 0.2) is 0 Å². The van der Waals surface area contributed by atoms with Crippen molar-refractivity contribution in [3.63, 3.8) is 0 Å². The van der Waals surface area contributed by atoms with Gasteiger partial charge in [0.05, 0.1) is 30.8 Å². The lowest BCUT2D eigenvalue weighted by Crippen LogP contribution is -2.19. The molecule has 2 amide bonds. The number of nitrogens with one attached hydrogen (secondary N) is 2. The Kier molecular flexibility index (Phi) is 7.10. The van der Waals surface area contributed by atoms with Crippen molar-refractivity contribution < 1.29 is 19.1 Å². The lowest BCUT2D eigenvalue weighted by Gasteiger charge is -2.18. The molecule has 0 fully saturated rings. The van der Waals surface area contributed by atoms with Gasteiger partial charge in [-0.25, -0.2) is 4.98 Å². The van der Waals surface area contributed by atoms with Gasteiger partial charge in [0.1, 0.15) is 17.2 Å². The fraction of sp³-hybridized carbons (Fsp3) is 0.368. The number of anilines is 2. The summed E-state index contributed by atoms with van der Waals surface area (Å²) in [5.74, 6) is 0.0907. The molecule has 0 aliphatic rings. The maximum absolute atomic E-state index is 12.4. The molecule has 1 aromatic heterocycles. The molecule has 144 valence electrons. The Hall–Kier alpha value is -3.16. The van der Waals surface area contributed by atoms with E-state index >= 15 is 0 Å². The first-order valence-corrected chi connectivity index (χ1v) is 8.78. The van der Waals surface area contributed by atoms with Crippen LogP contribution in [-0.4, -0.2) is 35.0 Å². The normalized spacial score (nSPS) is 10.4. The average Bonchev–Trinajstić information content (AvgIpc) is 2.65. The second-order valence-electron chi connectivity index (χ2n) is 5.90. The molecule has 1 heterocycles. The summed E-state index contributed by atoms with van der Waals surface area (Å²) in [4.78, 5) is 32.4. The van der Waals surface area contributed by atoms with Crippen molar-refractivity contribution in [3.05, 3.63) is 36.4 Å². The third-order valence-corrected chi connectivity index (χ3v) is 3.51. The van der Waals surface area contributed by atoms with Crippen molar-refractivity contribution in [2.45, 2.75) is 27.7 Å². The molecular weight excluding hydrogens is 348 g/mol. The number of hydrogen-bond donors (Lipinski definition) is 2. The lowest BCUT2D eigenvalue weighted by molar-refractivity contribution is -0.118. The highest BCUT2D eigenvalue weighted by Crippen LogP contribution is 2.37. The van der Waals surface area contributed by atoms with Crippen molar-refractivity contribution >= 4 is 23.2 Å². The maximum atomic E-state index is 12.4. The van der Waals surface area contributed by atoms with Crippen molar-refractivity contribution in [3.8, 4) is 11.5 Å². The molecule has 0 saturated heterocycles. The number of carbonyl (C=O) groups excluding carboxylic acids is 2. The van der Waals surface area contributed by atoms with Crippen LogP contribution in [0.1, 0.15) is 38.2 Å². The van der Waals surface area contributed by atoms with Crippen molar-refractivity contribution in [1.29, 1.82) is 0 Å². The largest absolute Gasteiger partial charge is 0.492 e. The van der Waals surface area contributed by atoms with Gasteiger partial charge in [-0.15, -0.1) is 0 Å². The first-order valence-electron chi connectivity index (χ1n) is 8.78. The Balaban J connectivity index is 2.38. The molecule has 0 radical (unpaired) electrons. The number of nitrogens with zero attached hydrogens (tertiary/aromatic N) is 2. The third kappa shape index (κ3) is 5.40. The number of ether oxygens (including phenoxy) is 2. The summed E-state index contributed by atoms with van der Waals surface area (Å²) in [7, 11) is 0. The van der Waals surface area contributed by atoms with Crippen LogP contribution in [0.5, 0.6) is 11.5 Å². The van der Waals surface area contributed by atoms with E-state index in [1.165, 1.54) is 18.6 Å². The Morgan fingerprint density at radius 2 is 1.59 bits per heavy atom. The minimum absolute atomic E-state index is 0.144. The van der Waals surface area contributed by atoms with E-state index in [9.17, 15) is 9.59 Å².